The predicted molar refractivity (Wildman–Crippen MR) is 60.9 cm³/mol. The van der Waals surface area contributed by atoms with Crippen LogP contribution in [0, 0.1) is 0 Å². The molecule has 0 unspecified atom stereocenters. The van der Waals surface area contributed by atoms with Gasteiger partial charge in [-0.15, -0.1) is 11.3 Å². The fourth-order valence-electron chi connectivity index (χ4n) is 1.21. The van der Waals surface area contributed by atoms with E-state index in [2.05, 4.69) is 5.32 Å². The van der Waals surface area contributed by atoms with Crippen LogP contribution in [0.25, 0.3) is 0 Å². The minimum atomic E-state index is -0.125. The number of hydrogen-bond donors (Lipinski definition) is 2. The fourth-order valence-corrected chi connectivity index (χ4v) is 1.86. The molecule has 5 heteroatoms. The number of aliphatic hydroxyl groups excluding tert-OH is 1. The van der Waals surface area contributed by atoms with E-state index in [1.54, 1.807) is 16.2 Å². The number of hydrogen-bond acceptors (Lipinski definition) is 3. The molecule has 1 aromatic heterocycles. The highest BCUT2D eigenvalue weighted by Crippen LogP contribution is 2.07. The molecule has 1 heterocycles. The van der Waals surface area contributed by atoms with Crippen molar-refractivity contribution in [2.75, 3.05) is 19.7 Å². The van der Waals surface area contributed by atoms with Crippen molar-refractivity contribution in [1.82, 2.24) is 10.2 Å². The molecule has 0 spiro atoms. The number of rotatable bonds is 5. The molecular weight excluding hydrogens is 212 g/mol. The van der Waals surface area contributed by atoms with E-state index in [1.165, 1.54) is 0 Å². The van der Waals surface area contributed by atoms with Crippen molar-refractivity contribution in [2.24, 2.45) is 0 Å². The molecule has 0 saturated carbocycles. The summed E-state index contributed by atoms with van der Waals surface area (Å²) in [6.45, 7) is 3.43. The van der Waals surface area contributed by atoms with Crippen LogP contribution < -0.4 is 5.32 Å². The third kappa shape index (κ3) is 3.89. The van der Waals surface area contributed by atoms with Gasteiger partial charge in [-0.05, 0) is 18.4 Å². The van der Waals surface area contributed by atoms with E-state index in [9.17, 15) is 4.79 Å². The summed E-state index contributed by atoms with van der Waals surface area (Å²) in [5.41, 5.74) is 0. The zero-order chi connectivity index (χ0) is 11.1. The van der Waals surface area contributed by atoms with E-state index in [0.717, 1.165) is 4.88 Å². The third-order valence-electron chi connectivity index (χ3n) is 2.03. The molecule has 1 rings (SSSR count). The van der Waals surface area contributed by atoms with Crippen molar-refractivity contribution in [2.45, 2.75) is 13.5 Å². The summed E-state index contributed by atoms with van der Waals surface area (Å²) >= 11 is 1.61. The second kappa shape index (κ2) is 6.42. The van der Waals surface area contributed by atoms with Gasteiger partial charge in [0.15, 0.2) is 0 Å². The number of amides is 2. The average molecular weight is 228 g/mol. The smallest absolute Gasteiger partial charge is 0.317 e. The van der Waals surface area contributed by atoms with Gasteiger partial charge in [-0.2, -0.15) is 0 Å². The van der Waals surface area contributed by atoms with E-state index >= 15 is 0 Å². The standard InChI is InChI=1S/C10H16N2O2S/c1-2-12(5-6-13)10(14)11-8-9-4-3-7-15-9/h3-4,7,13H,2,5-6,8H2,1H3,(H,11,14). The van der Waals surface area contributed by atoms with Crippen molar-refractivity contribution in [3.63, 3.8) is 0 Å². The summed E-state index contributed by atoms with van der Waals surface area (Å²) in [4.78, 5) is 14.3. The van der Waals surface area contributed by atoms with Gasteiger partial charge < -0.3 is 15.3 Å². The SMILES string of the molecule is CCN(CCO)C(=O)NCc1cccs1. The average Bonchev–Trinajstić information content (AvgIpc) is 2.75. The number of carbonyl (C=O) groups excluding carboxylic acids is 1. The molecule has 2 amide bonds. The summed E-state index contributed by atoms with van der Waals surface area (Å²) in [5.74, 6) is 0. The maximum absolute atomic E-state index is 11.6. The minimum absolute atomic E-state index is 0.000260. The molecule has 84 valence electrons. The number of nitrogens with zero attached hydrogens (tertiary/aromatic N) is 1. The van der Waals surface area contributed by atoms with E-state index in [0.29, 0.717) is 19.6 Å². The Morgan fingerprint density at radius 2 is 2.47 bits per heavy atom. The van der Waals surface area contributed by atoms with Crippen molar-refractivity contribution >= 4 is 17.4 Å². The van der Waals surface area contributed by atoms with Gasteiger partial charge in [-0.3, -0.25) is 0 Å². The van der Waals surface area contributed by atoms with Crippen LogP contribution in [0.4, 0.5) is 4.79 Å². The van der Waals surface area contributed by atoms with Crippen LogP contribution in [-0.2, 0) is 6.54 Å². The normalized spacial score (nSPS) is 10.0. The Bertz CT molecular complexity index is 288. The molecule has 1 aromatic rings. The zero-order valence-corrected chi connectivity index (χ0v) is 9.59. The molecule has 0 aliphatic rings. The molecule has 0 atom stereocenters. The molecule has 0 aliphatic heterocycles. The van der Waals surface area contributed by atoms with Gasteiger partial charge in [0.05, 0.1) is 13.2 Å². The molecule has 0 fully saturated rings. The van der Waals surface area contributed by atoms with Crippen LogP contribution in [0.3, 0.4) is 0 Å². The van der Waals surface area contributed by atoms with E-state index in [1.807, 2.05) is 24.4 Å². The predicted octanol–water partition coefficient (Wildman–Crippen LogP) is 1.27. The number of urea groups is 1. The number of aliphatic hydroxyl groups is 1. The van der Waals surface area contributed by atoms with Gasteiger partial charge in [-0.1, -0.05) is 6.07 Å². The highest BCUT2D eigenvalue weighted by molar-refractivity contribution is 7.09. The van der Waals surface area contributed by atoms with Gasteiger partial charge >= 0.3 is 6.03 Å². The highest BCUT2D eigenvalue weighted by atomic mass is 32.1. The number of likely N-dealkylation sites (N-methyl/N-ethyl adjacent to an activating group) is 1. The van der Waals surface area contributed by atoms with E-state index in [4.69, 9.17) is 5.11 Å². The van der Waals surface area contributed by atoms with Gasteiger partial charge in [-0.25, -0.2) is 4.79 Å². The highest BCUT2D eigenvalue weighted by Gasteiger charge is 2.09. The monoisotopic (exact) mass is 228 g/mol. The molecule has 0 aliphatic carbocycles. The zero-order valence-electron chi connectivity index (χ0n) is 8.77. The molecule has 0 bridgehead atoms. The van der Waals surface area contributed by atoms with Gasteiger partial charge in [0.1, 0.15) is 0 Å². The van der Waals surface area contributed by atoms with Gasteiger partial charge in [0.2, 0.25) is 0 Å². The summed E-state index contributed by atoms with van der Waals surface area (Å²) < 4.78 is 0. The quantitative estimate of drug-likeness (QED) is 0.797. The number of nitrogens with one attached hydrogen (secondary N) is 1. The maximum Gasteiger partial charge on any atom is 0.317 e. The first-order valence-corrected chi connectivity index (χ1v) is 5.82. The third-order valence-corrected chi connectivity index (χ3v) is 2.91. The van der Waals surface area contributed by atoms with Crippen LogP contribution in [0.2, 0.25) is 0 Å². The van der Waals surface area contributed by atoms with Crippen molar-refractivity contribution in [3.8, 4) is 0 Å². The summed E-state index contributed by atoms with van der Waals surface area (Å²) in [7, 11) is 0. The molecule has 15 heavy (non-hydrogen) atoms. The summed E-state index contributed by atoms with van der Waals surface area (Å²) in [6, 6.07) is 3.81. The second-order valence-electron chi connectivity index (χ2n) is 3.04. The van der Waals surface area contributed by atoms with Gasteiger partial charge in [0, 0.05) is 18.0 Å². The van der Waals surface area contributed by atoms with Crippen LogP contribution in [0.1, 0.15) is 11.8 Å². The molecule has 0 aromatic carbocycles. The first kappa shape index (κ1) is 12.0. The molecule has 0 radical (unpaired) electrons. The van der Waals surface area contributed by atoms with Crippen molar-refractivity contribution in [3.05, 3.63) is 22.4 Å². The Morgan fingerprint density at radius 3 is 3.00 bits per heavy atom. The van der Waals surface area contributed by atoms with Crippen LogP contribution in [-0.4, -0.2) is 35.7 Å². The van der Waals surface area contributed by atoms with E-state index < -0.39 is 0 Å². The Morgan fingerprint density at radius 1 is 1.67 bits per heavy atom. The molecule has 4 nitrogen and oxygen atoms in total. The lowest BCUT2D eigenvalue weighted by molar-refractivity contribution is 0.180. The second-order valence-corrected chi connectivity index (χ2v) is 4.07. The van der Waals surface area contributed by atoms with E-state index in [-0.39, 0.29) is 12.6 Å². The number of carbonyl (C=O) groups is 1. The summed E-state index contributed by atoms with van der Waals surface area (Å²) in [5, 5.41) is 13.5. The Balaban J connectivity index is 2.34. The Labute approximate surface area is 93.5 Å². The van der Waals surface area contributed by atoms with Crippen molar-refractivity contribution in [1.29, 1.82) is 0 Å². The molecular formula is C10H16N2O2S. The summed E-state index contributed by atoms with van der Waals surface area (Å²) in [6.07, 6.45) is 0. The topological polar surface area (TPSA) is 52.6 Å². The molecule has 0 saturated heterocycles. The first-order valence-electron chi connectivity index (χ1n) is 4.94. The first-order chi connectivity index (χ1) is 7.27. The molecule has 2 N–H and O–H groups in total. The van der Waals surface area contributed by atoms with Crippen LogP contribution in [0.5, 0.6) is 0 Å². The van der Waals surface area contributed by atoms with Crippen molar-refractivity contribution < 1.29 is 9.90 Å². The largest absolute Gasteiger partial charge is 0.395 e. The lowest BCUT2D eigenvalue weighted by Crippen LogP contribution is -2.40. The Hall–Kier alpha value is -1.07. The number of thiophene rings is 1. The van der Waals surface area contributed by atoms with Gasteiger partial charge in [0.25, 0.3) is 0 Å². The van der Waals surface area contributed by atoms with Crippen LogP contribution >= 0.6 is 11.3 Å². The minimum Gasteiger partial charge on any atom is -0.395 e. The Kier molecular flexibility index (Phi) is 5.14. The lowest BCUT2D eigenvalue weighted by atomic mass is 10.4. The van der Waals surface area contributed by atoms with Crippen LogP contribution in [0.15, 0.2) is 17.5 Å². The fraction of sp³-hybridized carbons (Fsp3) is 0.500. The lowest BCUT2D eigenvalue weighted by Gasteiger charge is -2.19. The maximum atomic E-state index is 11.6.